The van der Waals surface area contributed by atoms with Crippen LogP contribution in [-0.2, 0) is 4.74 Å². The molecule has 1 saturated heterocycles. The normalized spacial score (nSPS) is 17.2. The van der Waals surface area contributed by atoms with Gasteiger partial charge in [0.25, 0.3) is 17.4 Å². The lowest BCUT2D eigenvalue weighted by Crippen LogP contribution is -2.44. The zero-order valence-electron chi connectivity index (χ0n) is 13.7. The van der Waals surface area contributed by atoms with Crippen LogP contribution >= 0.6 is 0 Å². The summed E-state index contributed by atoms with van der Waals surface area (Å²) in [4.78, 5) is 37.2. The van der Waals surface area contributed by atoms with Crippen LogP contribution < -0.4 is 10.9 Å². The number of nitrogens with one attached hydrogen (secondary N) is 2. The number of hydrogen-bond donors (Lipinski definition) is 2. The van der Waals surface area contributed by atoms with Crippen molar-refractivity contribution in [2.24, 2.45) is 0 Å². The van der Waals surface area contributed by atoms with Crippen molar-refractivity contribution in [2.75, 3.05) is 25.0 Å². The highest BCUT2D eigenvalue weighted by molar-refractivity contribution is 6.03. The van der Waals surface area contributed by atoms with Crippen LogP contribution in [0.25, 0.3) is 0 Å². The van der Waals surface area contributed by atoms with Crippen molar-refractivity contribution < 1.29 is 14.3 Å². The summed E-state index contributed by atoms with van der Waals surface area (Å²) in [5, 5.41) is 8.53. The van der Waals surface area contributed by atoms with Gasteiger partial charge >= 0.3 is 0 Å². The molecule has 2 amide bonds. The van der Waals surface area contributed by atoms with Crippen LogP contribution in [-0.4, -0.2) is 52.7 Å². The number of rotatable bonds is 3. The molecule has 1 aromatic carbocycles. The first kappa shape index (κ1) is 16.8. The molecule has 0 radical (unpaired) electrons. The molecule has 0 aliphatic carbocycles. The molecule has 1 aliphatic heterocycles. The molecule has 8 nitrogen and oxygen atoms in total. The van der Waals surface area contributed by atoms with E-state index in [9.17, 15) is 14.4 Å². The van der Waals surface area contributed by atoms with Crippen molar-refractivity contribution in [3.05, 3.63) is 58.0 Å². The van der Waals surface area contributed by atoms with Gasteiger partial charge in [0.05, 0.1) is 12.7 Å². The molecule has 1 atom stereocenters. The lowest BCUT2D eigenvalue weighted by atomic mass is 10.1. The van der Waals surface area contributed by atoms with Gasteiger partial charge in [-0.15, -0.1) is 0 Å². The van der Waals surface area contributed by atoms with E-state index in [4.69, 9.17) is 4.74 Å². The van der Waals surface area contributed by atoms with Crippen molar-refractivity contribution in [1.82, 2.24) is 15.1 Å². The number of morpholine rings is 1. The van der Waals surface area contributed by atoms with Crippen LogP contribution in [0.15, 0.2) is 41.2 Å². The number of nitrogens with zero attached hydrogens (tertiary/aromatic N) is 2. The van der Waals surface area contributed by atoms with Gasteiger partial charge < -0.3 is 15.0 Å². The second-order valence-corrected chi connectivity index (χ2v) is 5.77. The molecule has 1 aromatic heterocycles. The van der Waals surface area contributed by atoms with Gasteiger partial charge in [-0.3, -0.25) is 14.4 Å². The van der Waals surface area contributed by atoms with Crippen molar-refractivity contribution in [3.63, 3.8) is 0 Å². The molecule has 0 saturated carbocycles. The maximum absolute atomic E-state index is 12.5. The third kappa shape index (κ3) is 4.10. The number of aromatic nitrogens is 2. The van der Waals surface area contributed by atoms with Crippen LogP contribution in [0.5, 0.6) is 0 Å². The Bertz CT molecular complexity index is 811. The van der Waals surface area contributed by atoms with Crippen LogP contribution in [0.4, 0.5) is 5.69 Å². The van der Waals surface area contributed by atoms with E-state index in [0.717, 1.165) is 0 Å². The Balaban J connectivity index is 1.65. The summed E-state index contributed by atoms with van der Waals surface area (Å²) in [5.74, 6) is -0.507. The lowest BCUT2D eigenvalue weighted by molar-refractivity contribution is -0.0124. The summed E-state index contributed by atoms with van der Waals surface area (Å²) in [6, 6.07) is 9.21. The summed E-state index contributed by atoms with van der Waals surface area (Å²) < 4.78 is 5.44. The fourth-order valence-corrected chi connectivity index (χ4v) is 2.55. The fraction of sp³-hybridized carbons (Fsp3) is 0.294. The smallest absolute Gasteiger partial charge is 0.276 e. The largest absolute Gasteiger partial charge is 0.375 e. The number of ether oxygens (including phenoxy) is 1. The Morgan fingerprint density at radius 2 is 2.00 bits per heavy atom. The topological polar surface area (TPSA) is 104 Å². The molecule has 2 N–H and O–H groups in total. The Labute approximate surface area is 143 Å². The van der Waals surface area contributed by atoms with Gasteiger partial charge in [-0.1, -0.05) is 0 Å². The molecule has 25 heavy (non-hydrogen) atoms. The van der Waals surface area contributed by atoms with E-state index in [0.29, 0.717) is 30.9 Å². The van der Waals surface area contributed by atoms with Gasteiger partial charge in [-0.2, -0.15) is 5.10 Å². The number of benzene rings is 1. The SMILES string of the molecule is CC1CN(C(=O)c2ccc(NC(=O)c3ccc(=O)[nH]n3)cc2)CCO1. The molecule has 3 rings (SSSR count). The number of carbonyl (C=O) groups excluding carboxylic acids is 2. The van der Waals surface area contributed by atoms with Crippen LogP contribution in [0.2, 0.25) is 0 Å². The highest BCUT2D eigenvalue weighted by atomic mass is 16.5. The van der Waals surface area contributed by atoms with Gasteiger partial charge in [0.15, 0.2) is 0 Å². The van der Waals surface area contributed by atoms with Crippen molar-refractivity contribution >= 4 is 17.5 Å². The first-order valence-electron chi connectivity index (χ1n) is 7.91. The molecule has 1 fully saturated rings. The molecule has 0 spiro atoms. The lowest BCUT2D eigenvalue weighted by Gasteiger charge is -2.31. The molecule has 8 heteroatoms. The van der Waals surface area contributed by atoms with E-state index >= 15 is 0 Å². The Morgan fingerprint density at radius 3 is 2.64 bits per heavy atom. The van der Waals surface area contributed by atoms with Crippen molar-refractivity contribution in [2.45, 2.75) is 13.0 Å². The molecule has 0 bridgehead atoms. The molecule has 2 aromatic rings. The second kappa shape index (κ2) is 7.27. The quantitative estimate of drug-likeness (QED) is 0.862. The average Bonchev–Trinajstić information content (AvgIpc) is 2.62. The third-order valence-corrected chi connectivity index (χ3v) is 3.83. The minimum absolute atomic E-state index is 0.0288. The highest BCUT2D eigenvalue weighted by Gasteiger charge is 2.22. The fourth-order valence-electron chi connectivity index (χ4n) is 2.55. The summed E-state index contributed by atoms with van der Waals surface area (Å²) in [5.41, 5.74) is 0.804. The van der Waals surface area contributed by atoms with Gasteiger partial charge in [0.1, 0.15) is 5.69 Å². The maximum atomic E-state index is 12.5. The number of anilines is 1. The predicted molar refractivity (Wildman–Crippen MR) is 90.6 cm³/mol. The number of H-pyrrole nitrogens is 1. The zero-order chi connectivity index (χ0) is 17.8. The zero-order valence-corrected chi connectivity index (χ0v) is 13.7. The minimum Gasteiger partial charge on any atom is -0.375 e. The van der Waals surface area contributed by atoms with Crippen LogP contribution in [0, 0.1) is 0 Å². The second-order valence-electron chi connectivity index (χ2n) is 5.77. The van der Waals surface area contributed by atoms with E-state index in [-0.39, 0.29) is 23.3 Å². The van der Waals surface area contributed by atoms with E-state index in [2.05, 4.69) is 15.5 Å². The molecular formula is C17H18N4O4. The van der Waals surface area contributed by atoms with Gasteiger partial charge in [-0.25, -0.2) is 5.10 Å². The highest BCUT2D eigenvalue weighted by Crippen LogP contribution is 2.14. The molecular weight excluding hydrogens is 324 g/mol. The van der Waals surface area contributed by atoms with Gasteiger partial charge in [-0.05, 0) is 37.3 Å². The first-order valence-corrected chi connectivity index (χ1v) is 7.91. The number of hydrogen-bond acceptors (Lipinski definition) is 5. The molecule has 1 aliphatic rings. The van der Waals surface area contributed by atoms with E-state index in [1.54, 1.807) is 29.2 Å². The third-order valence-electron chi connectivity index (χ3n) is 3.83. The van der Waals surface area contributed by atoms with Gasteiger partial charge in [0, 0.05) is 30.4 Å². The van der Waals surface area contributed by atoms with Gasteiger partial charge in [0.2, 0.25) is 0 Å². The monoisotopic (exact) mass is 342 g/mol. The number of amides is 2. The Hall–Kier alpha value is -3.00. The summed E-state index contributed by atoms with van der Waals surface area (Å²) in [6.45, 7) is 3.60. The first-order chi connectivity index (χ1) is 12.0. The summed E-state index contributed by atoms with van der Waals surface area (Å²) >= 11 is 0. The van der Waals surface area contributed by atoms with Crippen LogP contribution in [0.3, 0.4) is 0 Å². The minimum atomic E-state index is -0.447. The molecule has 1 unspecified atom stereocenters. The molecule has 130 valence electrons. The summed E-state index contributed by atoms with van der Waals surface area (Å²) in [6.07, 6.45) is 0.0288. The van der Waals surface area contributed by atoms with E-state index in [1.807, 2.05) is 6.92 Å². The number of aromatic amines is 1. The summed E-state index contributed by atoms with van der Waals surface area (Å²) in [7, 11) is 0. The van der Waals surface area contributed by atoms with Crippen LogP contribution in [0.1, 0.15) is 27.8 Å². The van der Waals surface area contributed by atoms with Crippen molar-refractivity contribution in [1.29, 1.82) is 0 Å². The predicted octanol–water partition coefficient (Wildman–Crippen LogP) is 0.883. The Kier molecular flexibility index (Phi) is 4.90. The number of carbonyl (C=O) groups is 2. The maximum Gasteiger partial charge on any atom is 0.276 e. The Morgan fingerprint density at radius 1 is 1.24 bits per heavy atom. The molecule has 2 heterocycles. The van der Waals surface area contributed by atoms with Crippen molar-refractivity contribution in [3.8, 4) is 0 Å². The average molecular weight is 342 g/mol. The standard InChI is InChI=1S/C17H18N4O4/c1-11-10-21(8-9-25-11)17(24)12-2-4-13(5-3-12)18-16(23)14-6-7-15(22)20-19-14/h2-7,11H,8-10H2,1H3,(H,18,23)(H,20,22). The van der Waals surface area contributed by atoms with E-state index in [1.165, 1.54) is 12.1 Å². The van der Waals surface area contributed by atoms with E-state index < -0.39 is 5.91 Å².